The van der Waals surface area contributed by atoms with E-state index in [9.17, 15) is 8.42 Å². The predicted octanol–water partition coefficient (Wildman–Crippen LogP) is 1.99. The molecule has 1 heterocycles. The Bertz CT molecular complexity index is 684. The zero-order valence-electron chi connectivity index (χ0n) is 9.21. The molecule has 0 saturated carbocycles. The summed E-state index contributed by atoms with van der Waals surface area (Å²) in [5, 5.41) is 0.233. The number of nitrogens with zero attached hydrogens (tertiary/aromatic N) is 2. The molecule has 0 aliphatic heterocycles. The van der Waals surface area contributed by atoms with E-state index in [-0.39, 0.29) is 10.0 Å². The van der Waals surface area contributed by atoms with E-state index >= 15 is 0 Å². The van der Waals surface area contributed by atoms with Crippen molar-refractivity contribution in [2.45, 2.75) is 11.8 Å². The minimum Gasteiger partial charge on any atom is -0.399 e. The van der Waals surface area contributed by atoms with Gasteiger partial charge in [-0.2, -0.15) is 4.37 Å². The predicted molar refractivity (Wildman–Crippen MR) is 74.0 cm³/mol. The number of aromatic nitrogens is 2. The molecule has 0 fully saturated rings. The molecular formula is C9H9BrN4O2S2. The normalized spacial score (nSPS) is 11.4. The molecule has 1 aromatic carbocycles. The lowest BCUT2D eigenvalue weighted by atomic mass is 10.3. The summed E-state index contributed by atoms with van der Waals surface area (Å²) in [6.45, 7) is 1.69. The van der Waals surface area contributed by atoms with Gasteiger partial charge in [0.05, 0.1) is 0 Å². The van der Waals surface area contributed by atoms with Crippen LogP contribution >= 0.6 is 27.5 Å². The second-order valence-corrected chi connectivity index (χ2v) is 6.70. The minimum absolute atomic E-state index is 0.101. The number of hydrogen-bond acceptors (Lipinski definition) is 6. The van der Waals surface area contributed by atoms with Gasteiger partial charge in [-0.05, 0) is 41.1 Å². The fraction of sp³-hybridized carbons (Fsp3) is 0.111. The lowest BCUT2D eigenvalue weighted by molar-refractivity contribution is 0.601. The Hall–Kier alpha value is -1.19. The molecule has 0 aliphatic rings. The average Bonchev–Trinajstić information content (AvgIpc) is 2.62. The van der Waals surface area contributed by atoms with E-state index < -0.39 is 10.0 Å². The maximum atomic E-state index is 12.1. The highest BCUT2D eigenvalue weighted by Crippen LogP contribution is 2.26. The highest BCUT2D eigenvalue weighted by Gasteiger charge is 2.19. The largest absolute Gasteiger partial charge is 0.399 e. The Balaban J connectivity index is 2.36. The third kappa shape index (κ3) is 2.79. The lowest BCUT2D eigenvalue weighted by Crippen LogP contribution is -2.13. The van der Waals surface area contributed by atoms with Crippen molar-refractivity contribution in [2.24, 2.45) is 0 Å². The summed E-state index contributed by atoms with van der Waals surface area (Å²) < 4.78 is 30.9. The molecule has 9 heteroatoms. The Kier molecular flexibility index (Phi) is 3.55. The monoisotopic (exact) mass is 348 g/mol. The number of sulfonamides is 1. The molecular weight excluding hydrogens is 340 g/mol. The van der Waals surface area contributed by atoms with Crippen LogP contribution in [0.15, 0.2) is 27.6 Å². The van der Waals surface area contributed by atoms with Crippen LogP contribution in [0, 0.1) is 6.92 Å². The molecule has 0 spiro atoms. The highest BCUT2D eigenvalue weighted by atomic mass is 79.9. The van der Waals surface area contributed by atoms with Gasteiger partial charge in [-0.25, -0.2) is 13.4 Å². The standard InChI is InChI=1S/C9H9BrN4O2S2/c1-5-12-9(17-13-5)14-18(15,16)8-3-2-6(11)4-7(8)10/h2-4H,11H2,1H3,(H,12,13,14). The summed E-state index contributed by atoms with van der Waals surface area (Å²) in [4.78, 5) is 4.05. The molecule has 0 atom stereocenters. The Morgan fingerprint density at radius 2 is 2.17 bits per heavy atom. The second-order valence-electron chi connectivity index (χ2n) is 3.44. The first-order chi connectivity index (χ1) is 8.38. The van der Waals surface area contributed by atoms with Crippen LogP contribution in [0.2, 0.25) is 0 Å². The summed E-state index contributed by atoms with van der Waals surface area (Å²) in [7, 11) is -3.69. The first-order valence-corrected chi connectivity index (χ1v) is 7.81. The van der Waals surface area contributed by atoms with Crippen molar-refractivity contribution in [2.75, 3.05) is 10.5 Å². The van der Waals surface area contributed by atoms with Gasteiger partial charge in [0.15, 0.2) is 0 Å². The smallest absolute Gasteiger partial charge is 0.264 e. The number of hydrogen-bond donors (Lipinski definition) is 2. The van der Waals surface area contributed by atoms with Crippen LogP contribution in [0.5, 0.6) is 0 Å². The van der Waals surface area contributed by atoms with Crippen molar-refractivity contribution in [1.82, 2.24) is 9.36 Å². The maximum Gasteiger partial charge on any atom is 0.264 e. The molecule has 0 amide bonds. The molecule has 3 N–H and O–H groups in total. The van der Waals surface area contributed by atoms with E-state index in [0.29, 0.717) is 16.0 Å². The lowest BCUT2D eigenvalue weighted by Gasteiger charge is -2.07. The molecule has 0 unspecified atom stereocenters. The van der Waals surface area contributed by atoms with Crippen LogP contribution in [0.1, 0.15) is 5.82 Å². The molecule has 2 aromatic rings. The van der Waals surface area contributed by atoms with E-state index in [4.69, 9.17) is 5.73 Å². The van der Waals surface area contributed by atoms with Crippen molar-refractivity contribution < 1.29 is 8.42 Å². The van der Waals surface area contributed by atoms with Gasteiger partial charge in [-0.15, -0.1) is 0 Å². The number of nitrogen functional groups attached to an aromatic ring is 1. The summed E-state index contributed by atoms with van der Waals surface area (Å²) in [6.07, 6.45) is 0. The number of anilines is 2. The van der Waals surface area contributed by atoms with Gasteiger partial charge < -0.3 is 5.73 Å². The van der Waals surface area contributed by atoms with Crippen LogP contribution in [0.4, 0.5) is 10.8 Å². The number of rotatable bonds is 3. The molecule has 1 aromatic heterocycles. The van der Waals surface area contributed by atoms with Crippen LogP contribution in [0.3, 0.4) is 0 Å². The van der Waals surface area contributed by atoms with Crippen LogP contribution in [-0.4, -0.2) is 17.8 Å². The summed E-state index contributed by atoms with van der Waals surface area (Å²) in [5.74, 6) is 0.522. The van der Waals surface area contributed by atoms with E-state index in [2.05, 4.69) is 30.0 Å². The molecule has 0 aliphatic carbocycles. The molecule has 0 saturated heterocycles. The van der Waals surface area contributed by atoms with Gasteiger partial charge in [0.25, 0.3) is 10.0 Å². The van der Waals surface area contributed by atoms with Gasteiger partial charge in [-0.3, -0.25) is 4.72 Å². The van der Waals surface area contributed by atoms with Gasteiger partial charge in [0, 0.05) is 21.7 Å². The van der Waals surface area contributed by atoms with Crippen LogP contribution in [0.25, 0.3) is 0 Å². The van der Waals surface area contributed by atoms with E-state index in [1.807, 2.05) is 0 Å². The summed E-state index contributed by atoms with van der Waals surface area (Å²) in [6, 6.07) is 4.47. The number of halogens is 1. The molecule has 18 heavy (non-hydrogen) atoms. The summed E-state index contributed by atoms with van der Waals surface area (Å²) >= 11 is 4.16. The van der Waals surface area contributed by atoms with Crippen molar-refractivity contribution in [1.29, 1.82) is 0 Å². The van der Waals surface area contributed by atoms with Crippen molar-refractivity contribution in [3.05, 3.63) is 28.5 Å². The topological polar surface area (TPSA) is 98.0 Å². The SMILES string of the molecule is Cc1nsc(NS(=O)(=O)c2ccc(N)cc2Br)n1. The van der Waals surface area contributed by atoms with E-state index in [0.717, 1.165) is 11.5 Å². The van der Waals surface area contributed by atoms with Crippen molar-refractivity contribution >= 4 is 48.3 Å². The number of aryl methyl sites for hydroxylation is 1. The van der Waals surface area contributed by atoms with Gasteiger partial charge in [-0.1, -0.05) is 0 Å². The third-order valence-corrected chi connectivity index (χ3v) is 5.16. The van der Waals surface area contributed by atoms with Crippen molar-refractivity contribution in [3.8, 4) is 0 Å². The van der Waals surface area contributed by atoms with Crippen LogP contribution < -0.4 is 10.5 Å². The third-order valence-electron chi connectivity index (χ3n) is 1.99. The molecule has 6 nitrogen and oxygen atoms in total. The number of benzene rings is 1. The van der Waals surface area contributed by atoms with E-state index in [1.165, 1.54) is 18.2 Å². The number of nitrogens with one attached hydrogen (secondary N) is 1. The quantitative estimate of drug-likeness (QED) is 0.826. The maximum absolute atomic E-state index is 12.1. The minimum atomic E-state index is -3.69. The molecule has 2 rings (SSSR count). The molecule has 96 valence electrons. The molecule has 0 radical (unpaired) electrons. The first kappa shape index (κ1) is 13.2. The number of nitrogens with two attached hydrogens (primary N) is 1. The second kappa shape index (κ2) is 4.82. The van der Waals surface area contributed by atoms with Gasteiger partial charge in [0.2, 0.25) is 5.13 Å². The van der Waals surface area contributed by atoms with Crippen LogP contribution in [-0.2, 0) is 10.0 Å². The summed E-state index contributed by atoms with van der Waals surface area (Å²) in [5.41, 5.74) is 6.04. The average molecular weight is 349 g/mol. The van der Waals surface area contributed by atoms with Gasteiger partial charge in [0.1, 0.15) is 10.7 Å². The first-order valence-electron chi connectivity index (χ1n) is 4.76. The Morgan fingerprint density at radius 1 is 1.44 bits per heavy atom. The van der Waals surface area contributed by atoms with Crippen molar-refractivity contribution in [3.63, 3.8) is 0 Å². The zero-order valence-corrected chi connectivity index (χ0v) is 12.4. The molecule has 0 bridgehead atoms. The zero-order chi connectivity index (χ0) is 13.3. The fourth-order valence-corrected chi connectivity index (χ4v) is 4.14. The highest BCUT2D eigenvalue weighted by molar-refractivity contribution is 9.10. The fourth-order valence-electron chi connectivity index (χ4n) is 1.24. The Morgan fingerprint density at radius 3 is 2.72 bits per heavy atom. The van der Waals surface area contributed by atoms with Gasteiger partial charge >= 0.3 is 0 Å². The Labute approximate surface area is 117 Å². The van der Waals surface area contributed by atoms with E-state index in [1.54, 1.807) is 6.92 Å².